The number of methoxy groups -OCH3 is 2. The monoisotopic (exact) mass is 394 g/mol. The smallest absolute Gasteiger partial charge is 0.221 e. The lowest BCUT2D eigenvalue weighted by molar-refractivity contribution is -0.116. The number of benzene rings is 1. The first-order chi connectivity index (χ1) is 13.8. The Bertz CT molecular complexity index is 1220. The van der Waals surface area contributed by atoms with Gasteiger partial charge in [-0.1, -0.05) is 0 Å². The molecule has 0 saturated heterocycles. The quantitative estimate of drug-likeness (QED) is 0.739. The SMILES string of the molecule is COC1=CC(=O)C(c2coc3cc4c(c(OC)c3c2=O)C=CC(C)(C)O4)=CC1=O. The zero-order chi connectivity index (χ0) is 20.9. The molecule has 7 heteroatoms. The lowest BCUT2D eigenvalue weighted by atomic mass is 9.94. The Morgan fingerprint density at radius 1 is 1.00 bits per heavy atom. The van der Waals surface area contributed by atoms with Crippen LogP contribution in [0.5, 0.6) is 11.5 Å². The fourth-order valence-electron chi connectivity index (χ4n) is 3.40. The summed E-state index contributed by atoms with van der Waals surface area (Å²) < 4.78 is 22.0. The third-order valence-electron chi connectivity index (χ3n) is 4.81. The number of hydrogen-bond donors (Lipinski definition) is 0. The summed E-state index contributed by atoms with van der Waals surface area (Å²) in [5.41, 5.74) is -0.225. The summed E-state index contributed by atoms with van der Waals surface area (Å²) in [6, 6.07) is 1.62. The molecule has 0 unspecified atom stereocenters. The molecule has 2 aromatic rings. The summed E-state index contributed by atoms with van der Waals surface area (Å²) in [6.07, 6.45) is 6.99. The van der Waals surface area contributed by atoms with Gasteiger partial charge in [0.2, 0.25) is 11.2 Å². The highest BCUT2D eigenvalue weighted by Gasteiger charge is 2.29. The standard InChI is InChI=1S/C22H18O7/c1-22(2)6-5-11-16(29-22)9-18-19(21(11)27-4)20(25)13(10-28-18)12-7-15(24)17(26-3)8-14(12)23/h5-10H,1-4H3. The van der Waals surface area contributed by atoms with Crippen molar-refractivity contribution >= 4 is 34.2 Å². The molecule has 0 atom stereocenters. The second kappa shape index (κ2) is 6.48. The first-order valence-corrected chi connectivity index (χ1v) is 8.87. The molecule has 29 heavy (non-hydrogen) atoms. The van der Waals surface area contributed by atoms with Gasteiger partial charge in [0.15, 0.2) is 11.5 Å². The average Bonchev–Trinajstić information content (AvgIpc) is 2.67. The zero-order valence-corrected chi connectivity index (χ0v) is 16.3. The Labute approximate surface area is 165 Å². The molecule has 0 saturated carbocycles. The van der Waals surface area contributed by atoms with E-state index >= 15 is 0 Å². The van der Waals surface area contributed by atoms with E-state index in [1.165, 1.54) is 20.5 Å². The van der Waals surface area contributed by atoms with E-state index < -0.39 is 22.6 Å². The molecule has 148 valence electrons. The van der Waals surface area contributed by atoms with Crippen molar-refractivity contribution in [3.8, 4) is 11.5 Å². The van der Waals surface area contributed by atoms with Crippen LogP contribution < -0.4 is 14.9 Å². The third kappa shape index (κ3) is 2.95. The summed E-state index contributed by atoms with van der Waals surface area (Å²) in [5.74, 6) is -0.301. The summed E-state index contributed by atoms with van der Waals surface area (Å²) in [7, 11) is 2.74. The van der Waals surface area contributed by atoms with Crippen LogP contribution in [0.15, 0.2) is 45.5 Å². The van der Waals surface area contributed by atoms with Crippen LogP contribution in [0.25, 0.3) is 22.6 Å². The van der Waals surface area contributed by atoms with E-state index in [-0.39, 0.29) is 33.6 Å². The molecule has 0 fully saturated rings. The van der Waals surface area contributed by atoms with Gasteiger partial charge in [-0.15, -0.1) is 0 Å². The second-order valence-corrected chi connectivity index (χ2v) is 7.21. The van der Waals surface area contributed by atoms with Crippen molar-refractivity contribution in [2.24, 2.45) is 0 Å². The molecule has 1 aliphatic carbocycles. The van der Waals surface area contributed by atoms with E-state index in [0.717, 1.165) is 12.2 Å². The van der Waals surface area contributed by atoms with Crippen LogP contribution in [0.1, 0.15) is 25.0 Å². The molecule has 0 bridgehead atoms. The fraction of sp³-hybridized carbons (Fsp3) is 0.227. The number of ketones is 2. The summed E-state index contributed by atoms with van der Waals surface area (Å²) in [6.45, 7) is 3.81. The lowest BCUT2D eigenvalue weighted by Crippen LogP contribution is -2.27. The molecule has 0 amide bonds. The average molecular weight is 394 g/mol. The van der Waals surface area contributed by atoms with Gasteiger partial charge in [0, 0.05) is 23.8 Å². The molecule has 0 N–H and O–H groups in total. The molecular formula is C22H18O7. The van der Waals surface area contributed by atoms with E-state index in [9.17, 15) is 14.4 Å². The molecule has 2 heterocycles. The number of carbonyl (C=O) groups is 2. The molecule has 4 rings (SSSR count). The van der Waals surface area contributed by atoms with Crippen LogP contribution in [-0.4, -0.2) is 31.4 Å². The van der Waals surface area contributed by atoms with Gasteiger partial charge in [-0.3, -0.25) is 14.4 Å². The maximum atomic E-state index is 13.3. The van der Waals surface area contributed by atoms with Crippen LogP contribution in [0.2, 0.25) is 0 Å². The number of carbonyl (C=O) groups excluding carboxylic acids is 2. The van der Waals surface area contributed by atoms with E-state index in [4.69, 9.17) is 18.6 Å². The van der Waals surface area contributed by atoms with Crippen LogP contribution in [0, 0.1) is 0 Å². The van der Waals surface area contributed by atoms with Crippen molar-refractivity contribution in [2.45, 2.75) is 19.4 Å². The molecule has 2 aliphatic rings. The third-order valence-corrected chi connectivity index (χ3v) is 4.81. The lowest BCUT2D eigenvalue weighted by Gasteiger charge is -2.28. The van der Waals surface area contributed by atoms with Gasteiger partial charge in [0.1, 0.15) is 34.3 Å². The predicted octanol–water partition coefficient (Wildman–Crippen LogP) is 3.05. The van der Waals surface area contributed by atoms with E-state index in [1.807, 2.05) is 26.0 Å². The van der Waals surface area contributed by atoms with Gasteiger partial charge in [0.05, 0.1) is 25.3 Å². The van der Waals surface area contributed by atoms with E-state index in [2.05, 4.69) is 0 Å². The van der Waals surface area contributed by atoms with Gasteiger partial charge in [-0.05, 0) is 26.0 Å². The van der Waals surface area contributed by atoms with Gasteiger partial charge in [-0.2, -0.15) is 0 Å². The maximum absolute atomic E-state index is 13.3. The molecular weight excluding hydrogens is 376 g/mol. The molecule has 7 nitrogen and oxygen atoms in total. The minimum absolute atomic E-state index is 0.0264. The Kier molecular flexibility index (Phi) is 4.19. The molecule has 0 radical (unpaired) electrons. The van der Waals surface area contributed by atoms with Gasteiger partial charge >= 0.3 is 0 Å². The summed E-state index contributed by atoms with van der Waals surface area (Å²) in [4.78, 5) is 37.8. The number of ether oxygens (including phenoxy) is 3. The second-order valence-electron chi connectivity index (χ2n) is 7.21. The Balaban J connectivity index is 1.95. The van der Waals surface area contributed by atoms with Crippen LogP contribution in [0.4, 0.5) is 0 Å². The highest BCUT2D eigenvalue weighted by molar-refractivity contribution is 6.34. The van der Waals surface area contributed by atoms with Crippen LogP contribution in [-0.2, 0) is 14.3 Å². The van der Waals surface area contributed by atoms with E-state index in [1.54, 1.807) is 6.07 Å². The van der Waals surface area contributed by atoms with Crippen molar-refractivity contribution in [1.82, 2.24) is 0 Å². The van der Waals surface area contributed by atoms with Gasteiger partial charge in [-0.25, -0.2) is 0 Å². The summed E-state index contributed by atoms with van der Waals surface area (Å²) >= 11 is 0. The Morgan fingerprint density at radius 3 is 2.45 bits per heavy atom. The van der Waals surface area contributed by atoms with E-state index in [0.29, 0.717) is 11.3 Å². The fourth-order valence-corrected chi connectivity index (χ4v) is 3.40. The number of hydrogen-bond acceptors (Lipinski definition) is 7. The highest BCUT2D eigenvalue weighted by atomic mass is 16.5. The normalized spacial score (nSPS) is 17.4. The van der Waals surface area contributed by atoms with Gasteiger partial charge in [0.25, 0.3) is 0 Å². The Hall–Kier alpha value is -3.61. The number of fused-ring (bicyclic) bond motifs is 2. The minimum atomic E-state index is -0.519. The van der Waals surface area contributed by atoms with Crippen molar-refractivity contribution in [3.05, 3.63) is 57.7 Å². The topological polar surface area (TPSA) is 92.0 Å². The maximum Gasteiger partial charge on any atom is 0.221 e. The highest BCUT2D eigenvalue weighted by Crippen LogP contribution is 2.41. The van der Waals surface area contributed by atoms with Gasteiger partial charge < -0.3 is 18.6 Å². The molecule has 1 aromatic carbocycles. The first-order valence-electron chi connectivity index (χ1n) is 8.87. The van der Waals surface area contributed by atoms with Crippen LogP contribution in [0.3, 0.4) is 0 Å². The van der Waals surface area contributed by atoms with Crippen molar-refractivity contribution < 1.29 is 28.2 Å². The molecule has 1 aromatic heterocycles. The molecule has 0 spiro atoms. The number of allylic oxidation sites excluding steroid dienone is 3. The number of rotatable bonds is 3. The predicted molar refractivity (Wildman–Crippen MR) is 106 cm³/mol. The largest absolute Gasteiger partial charge is 0.495 e. The first kappa shape index (κ1) is 18.7. The Morgan fingerprint density at radius 2 is 1.76 bits per heavy atom. The zero-order valence-electron chi connectivity index (χ0n) is 16.3. The van der Waals surface area contributed by atoms with Crippen molar-refractivity contribution in [2.75, 3.05) is 14.2 Å². The summed E-state index contributed by atoms with van der Waals surface area (Å²) in [5, 5.41) is 0.166. The van der Waals surface area contributed by atoms with Crippen molar-refractivity contribution in [1.29, 1.82) is 0 Å². The van der Waals surface area contributed by atoms with Crippen molar-refractivity contribution in [3.63, 3.8) is 0 Å². The van der Waals surface area contributed by atoms with Crippen LogP contribution >= 0.6 is 0 Å². The molecule has 1 aliphatic heterocycles. The minimum Gasteiger partial charge on any atom is -0.495 e.